The quantitative estimate of drug-likeness (QED) is 0.779. The van der Waals surface area contributed by atoms with E-state index in [-0.39, 0.29) is 5.91 Å². The molecule has 3 rings (SSSR count). The van der Waals surface area contributed by atoms with Gasteiger partial charge in [-0.05, 0) is 38.3 Å². The maximum absolute atomic E-state index is 12.2. The highest BCUT2D eigenvalue weighted by molar-refractivity contribution is 8.23. The lowest BCUT2D eigenvalue weighted by Gasteiger charge is -2.17. The van der Waals surface area contributed by atoms with E-state index in [2.05, 4.69) is 47.2 Å². The molecular formula is C18H21N3OS3. The van der Waals surface area contributed by atoms with Gasteiger partial charge in [0.05, 0.1) is 11.4 Å². The predicted molar refractivity (Wildman–Crippen MR) is 112 cm³/mol. The van der Waals surface area contributed by atoms with Gasteiger partial charge in [0.2, 0.25) is 5.91 Å². The summed E-state index contributed by atoms with van der Waals surface area (Å²) in [5, 5.41) is 5.50. The number of rotatable bonds is 4. The lowest BCUT2D eigenvalue weighted by molar-refractivity contribution is -0.113. The highest BCUT2D eigenvalue weighted by Gasteiger charge is 2.17. The van der Waals surface area contributed by atoms with Crippen LogP contribution in [-0.2, 0) is 4.79 Å². The molecule has 25 heavy (non-hydrogen) atoms. The molecule has 2 aromatic rings. The van der Waals surface area contributed by atoms with E-state index in [1.165, 1.54) is 47.1 Å². The van der Waals surface area contributed by atoms with Crippen molar-refractivity contribution in [1.82, 2.24) is 9.88 Å². The molecule has 1 N–H and O–H groups in total. The van der Waals surface area contributed by atoms with Crippen LogP contribution in [0.15, 0.2) is 23.6 Å². The SMILES string of the molecule is Cc1ccc(C)c(-c2csc(NC(=O)CSC(=S)N3CCCC3)n2)c1. The van der Waals surface area contributed by atoms with Crippen LogP contribution < -0.4 is 5.32 Å². The Kier molecular flexibility index (Phi) is 6.09. The van der Waals surface area contributed by atoms with Crippen molar-refractivity contribution in [3.8, 4) is 11.3 Å². The third kappa shape index (κ3) is 4.80. The molecule has 4 nitrogen and oxygen atoms in total. The smallest absolute Gasteiger partial charge is 0.236 e. The van der Waals surface area contributed by atoms with Gasteiger partial charge in [0.25, 0.3) is 0 Å². The Morgan fingerprint density at radius 2 is 2.12 bits per heavy atom. The van der Waals surface area contributed by atoms with Crippen LogP contribution in [0, 0.1) is 13.8 Å². The number of carbonyl (C=O) groups is 1. The van der Waals surface area contributed by atoms with Crippen molar-refractivity contribution in [1.29, 1.82) is 0 Å². The van der Waals surface area contributed by atoms with E-state index in [1.807, 2.05) is 5.38 Å². The summed E-state index contributed by atoms with van der Waals surface area (Å²) in [6.07, 6.45) is 2.38. The Morgan fingerprint density at radius 3 is 2.88 bits per heavy atom. The second-order valence-corrected chi connectivity index (χ2v) is 8.62. The number of nitrogens with zero attached hydrogens (tertiary/aromatic N) is 2. The van der Waals surface area contributed by atoms with Crippen LogP contribution >= 0.6 is 35.3 Å². The molecule has 0 atom stereocenters. The van der Waals surface area contributed by atoms with Gasteiger partial charge in [0, 0.05) is 24.0 Å². The summed E-state index contributed by atoms with van der Waals surface area (Å²) in [5.74, 6) is 0.265. The minimum absolute atomic E-state index is 0.0617. The number of amides is 1. The molecule has 7 heteroatoms. The fourth-order valence-electron chi connectivity index (χ4n) is 2.74. The fourth-order valence-corrected chi connectivity index (χ4v) is 4.52. The highest BCUT2D eigenvalue weighted by atomic mass is 32.2. The van der Waals surface area contributed by atoms with Crippen LogP contribution in [0.1, 0.15) is 24.0 Å². The number of aromatic nitrogens is 1. The van der Waals surface area contributed by atoms with E-state index in [4.69, 9.17) is 12.2 Å². The molecule has 1 aliphatic rings. The number of hydrogen-bond acceptors (Lipinski definition) is 5. The van der Waals surface area contributed by atoms with Crippen molar-refractivity contribution >= 4 is 50.7 Å². The summed E-state index contributed by atoms with van der Waals surface area (Å²) in [6.45, 7) is 6.17. The first-order chi connectivity index (χ1) is 12.0. The highest BCUT2D eigenvalue weighted by Crippen LogP contribution is 2.28. The van der Waals surface area contributed by atoms with E-state index >= 15 is 0 Å². The van der Waals surface area contributed by atoms with Crippen molar-refractivity contribution in [2.75, 3.05) is 24.2 Å². The molecule has 2 heterocycles. The summed E-state index contributed by atoms with van der Waals surface area (Å²) in [7, 11) is 0. The van der Waals surface area contributed by atoms with Gasteiger partial charge in [-0.25, -0.2) is 4.98 Å². The average molecular weight is 392 g/mol. The topological polar surface area (TPSA) is 45.2 Å². The van der Waals surface area contributed by atoms with Crippen LogP contribution in [0.3, 0.4) is 0 Å². The molecule has 0 radical (unpaired) electrons. The maximum atomic E-state index is 12.2. The first-order valence-electron chi connectivity index (χ1n) is 8.27. The van der Waals surface area contributed by atoms with E-state index < -0.39 is 0 Å². The Balaban J connectivity index is 1.56. The summed E-state index contributed by atoms with van der Waals surface area (Å²) in [4.78, 5) is 18.9. The fraction of sp³-hybridized carbons (Fsp3) is 0.389. The van der Waals surface area contributed by atoms with Gasteiger partial charge in [-0.15, -0.1) is 11.3 Å². The largest absolute Gasteiger partial charge is 0.358 e. The number of hydrogen-bond donors (Lipinski definition) is 1. The molecule has 1 amide bonds. The number of carbonyl (C=O) groups excluding carboxylic acids is 1. The molecule has 1 aromatic carbocycles. The van der Waals surface area contributed by atoms with Gasteiger partial charge in [0.1, 0.15) is 4.32 Å². The number of thiazole rings is 1. The van der Waals surface area contributed by atoms with Crippen LogP contribution in [0.5, 0.6) is 0 Å². The Labute approximate surface area is 162 Å². The van der Waals surface area contributed by atoms with E-state index in [0.29, 0.717) is 10.9 Å². The molecule has 1 fully saturated rings. The molecule has 0 unspecified atom stereocenters. The lowest BCUT2D eigenvalue weighted by atomic mass is 10.0. The van der Waals surface area contributed by atoms with Crippen LogP contribution in [-0.4, -0.2) is 39.0 Å². The monoisotopic (exact) mass is 391 g/mol. The zero-order chi connectivity index (χ0) is 17.8. The maximum Gasteiger partial charge on any atom is 0.236 e. The Bertz CT molecular complexity index is 782. The Hall–Kier alpha value is -1.44. The van der Waals surface area contributed by atoms with E-state index in [9.17, 15) is 4.79 Å². The minimum Gasteiger partial charge on any atom is -0.358 e. The van der Waals surface area contributed by atoms with E-state index in [1.54, 1.807) is 0 Å². The summed E-state index contributed by atoms with van der Waals surface area (Å²) in [5.41, 5.74) is 4.40. The summed E-state index contributed by atoms with van der Waals surface area (Å²) in [6, 6.07) is 6.31. The van der Waals surface area contributed by atoms with Crippen molar-refractivity contribution in [3.05, 3.63) is 34.7 Å². The molecule has 0 aliphatic carbocycles. The van der Waals surface area contributed by atoms with Gasteiger partial charge in [-0.3, -0.25) is 4.79 Å². The number of thioether (sulfide) groups is 1. The first-order valence-corrected chi connectivity index (χ1v) is 10.5. The standard InChI is InChI=1S/C18H21N3OS3/c1-12-5-6-13(2)14(9-12)15-10-24-17(19-15)20-16(22)11-25-18(23)21-7-3-4-8-21/h5-6,9-10H,3-4,7-8,11H2,1-2H3,(H,19,20,22). The number of benzene rings is 1. The van der Waals surface area contributed by atoms with Crippen molar-refractivity contribution < 1.29 is 4.79 Å². The molecule has 1 aromatic heterocycles. The lowest BCUT2D eigenvalue weighted by Crippen LogP contribution is -2.25. The first kappa shape index (κ1) is 18.4. The number of anilines is 1. The van der Waals surface area contributed by atoms with Gasteiger partial charge in [-0.1, -0.05) is 41.7 Å². The number of likely N-dealkylation sites (tertiary alicyclic amines) is 1. The third-order valence-electron chi connectivity index (χ3n) is 4.11. The van der Waals surface area contributed by atoms with Crippen molar-refractivity contribution in [2.45, 2.75) is 26.7 Å². The number of nitrogens with one attached hydrogen (secondary N) is 1. The average Bonchev–Trinajstić information content (AvgIpc) is 3.26. The van der Waals surface area contributed by atoms with Crippen LogP contribution in [0.25, 0.3) is 11.3 Å². The molecular weight excluding hydrogens is 370 g/mol. The molecule has 0 spiro atoms. The second-order valence-electron chi connectivity index (χ2n) is 6.15. The Morgan fingerprint density at radius 1 is 1.36 bits per heavy atom. The molecule has 0 bridgehead atoms. The second kappa shape index (κ2) is 8.29. The number of thiocarbonyl (C=S) groups is 1. The predicted octanol–water partition coefficient (Wildman–Crippen LogP) is 4.48. The van der Waals surface area contributed by atoms with Crippen LogP contribution in [0.2, 0.25) is 0 Å². The van der Waals surface area contributed by atoms with Gasteiger partial charge >= 0.3 is 0 Å². The van der Waals surface area contributed by atoms with Crippen LogP contribution in [0.4, 0.5) is 5.13 Å². The van der Waals surface area contributed by atoms with Gasteiger partial charge in [0.15, 0.2) is 5.13 Å². The molecule has 1 saturated heterocycles. The molecule has 132 valence electrons. The summed E-state index contributed by atoms with van der Waals surface area (Å²) < 4.78 is 0.822. The number of aryl methyl sites for hydroxylation is 2. The molecule has 0 saturated carbocycles. The van der Waals surface area contributed by atoms with Gasteiger partial charge in [-0.2, -0.15) is 0 Å². The van der Waals surface area contributed by atoms with Gasteiger partial charge < -0.3 is 10.2 Å². The summed E-state index contributed by atoms with van der Waals surface area (Å²) >= 11 is 8.27. The van der Waals surface area contributed by atoms with Crippen molar-refractivity contribution in [3.63, 3.8) is 0 Å². The zero-order valence-corrected chi connectivity index (χ0v) is 16.8. The van der Waals surface area contributed by atoms with Crippen molar-refractivity contribution in [2.24, 2.45) is 0 Å². The van der Waals surface area contributed by atoms with E-state index in [0.717, 1.165) is 28.7 Å². The zero-order valence-electron chi connectivity index (χ0n) is 14.4. The normalized spacial score (nSPS) is 13.9. The molecule has 1 aliphatic heterocycles. The minimum atomic E-state index is -0.0617. The third-order valence-corrected chi connectivity index (χ3v) is 6.39.